The van der Waals surface area contributed by atoms with Gasteiger partial charge in [-0.1, -0.05) is 18.1 Å². The number of pyridine rings is 3. The van der Waals surface area contributed by atoms with E-state index in [1.165, 1.54) is 10.9 Å². The van der Waals surface area contributed by atoms with Gasteiger partial charge in [-0.2, -0.15) is 0 Å². The number of rotatable bonds is 8. The number of aliphatic hydroxyl groups excluding tert-OH is 1. The molecule has 6 rings (SSSR count). The van der Waals surface area contributed by atoms with Crippen molar-refractivity contribution in [2.24, 2.45) is 7.05 Å². The van der Waals surface area contributed by atoms with Gasteiger partial charge in [-0.05, 0) is 48.7 Å². The Morgan fingerprint density at radius 3 is 2.55 bits per heavy atom. The van der Waals surface area contributed by atoms with Crippen molar-refractivity contribution in [2.75, 3.05) is 13.2 Å². The summed E-state index contributed by atoms with van der Waals surface area (Å²) in [6.45, 7) is 2.02. The molecule has 4 heterocycles. The summed E-state index contributed by atoms with van der Waals surface area (Å²) < 4.78 is 19.6. The Kier molecular flexibility index (Phi) is 7.32. The molecule has 1 fully saturated rings. The second kappa shape index (κ2) is 11.3. The highest BCUT2D eigenvalue weighted by Crippen LogP contribution is 2.32. The van der Waals surface area contributed by atoms with Crippen LogP contribution >= 0.6 is 0 Å². The average Bonchev–Trinajstić information content (AvgIpc) is 3.26. The van der Waals surface area contributed by atoms with Gasteiger partial charge >= 0.3 is 0 Å². The van der Waals surface area contributed by atoms with Crippen molar-refractivity contribution >= 4 is 21.8 Å². The van der Waals surface area contributed by atoms with Crippen molar-refractivity contribution in [2.45, 2.75) is 38.1 Å². The van der Waals surface area contributed by atoms with Crippen molar-refractivity contribution in [3.8, 4) is 34.6 Å². The highest BCUT2D eigenvalue weighted by atomic mass is 16.5. The largest absolute Gasteiger partial charge is 0.489 e. The first-order chi connectivity index (χ1) is 19.6. The van der Waals surface area contributed by atoms with Crippen molar-refractivity contribution in [3.63, 3.8) is 0 Å². The zero-order chi connectivity index (χ0) is 27.5. The number of aromatic nitrogens is 4. The normalized spacial score (nSPS) is 17.2. The SMILES string of the molecule is CC(CO)OCC#Cc1ccc(O[C@H]2C[C@H](Oc3ccc(-c4ccc5c6cnccc6n(C)c5c4)cn3)C2)cn1. The quantitative estimate of drug-likeness (QED) is 0.283. The molecule has 0 amide bonds. The molecule has 1 saturated carbocycles. The molecule has 0 saturated heterocycles. The summed E-state index contributed by atoms with van der Waals surface area (Å²) in [5.74, 6) is 7.16. The second-order valence-corrected chi connectivity index (χ2v) is 10.0. The molecule has 1 N–H and O–H groups in total. The van der Waals surface area contributed by atoms with Crippen LogP contribution in [0.5, 0.6) is 11.6 Å². The summed E-state index contributed by atoms with van der Waals surface area (Å²) in [6.07, 6.45) is 8.81. The van der Waals surface area contributed by atoms with Gasteiger partial charge in [-0.15, -0.1) is 0 Å². The summed E-state index contributed by atoms with van der Waals surface area (Å²) >= 11 is 0. The van der Waals surface area contributed by atoms with E-state index in [1.54, 1.807) is 13.1 Å². The lowest BCUT2D eigenvalue weighted by atomic mass is 9.92. The molecular weight excluding hydrogens is 504 g/mol. The lowest BCUT2D eigenvalue weighted by Gasteiger charge is -2.34. The summed E-state index contributed by atoms with van der Waals surface area (Å²) in [5, 5.41) is 11.3. The predicted molar refractivity (Wildman–Crippen MR) is 153 cm³/mol. The third-order valence-electron chi connectivity index (χ3n) is 7.17. The molecule has 1 aliphatic rings. The van der Waals surface area contributed by atoms with E-state index in [1.807, 2.05) is 42.9 Å². The van der Waals surface area contributed by atoms with Crippen LogP contribution in [0.25, 0.3) is 32.9 Å². The zero-order valence-electron chi connectivity index (χ0n) is 22.4. The van der Waals surface area contributed by atoms with E-state index in [-0.39, 0.29) is 31.5 Å². The molecule has 4 aromatic heterocycles. The smallest absolute Gasteiger partial charge is 0.213 e. The molecule has 1 atom stereocenters. The fraction of sp³-hybridized carbons (Fsp3) is 0.281. The van der Waals surface area contributed by atoms with Crippen molar-refractivity contribution in [1.82, 2.24) is 19.5 Å². The molecular formula is C32H30N4O4. The number of nitrogens with zero attached hydrogens (tertiary/aromatic N) is 4. The molecule has 1 unspecified atom stereocenters. The zero-order valence-corrected chi connectivity index (χ0v) is 22.4. The molecule has 8 heteroatoms. The molecule has 202 valence electrons. The summed E-state index contributed by atoms with van der Waals surface area (Å²) in [6, 6.07) is 16.2. The number of benzene rings is 1. The molecule has 0 spiro atoms. The first-order valence-electron chi connectivity index (χ1n) is 13.4. The van der Waals surface area contributed by atoms with Gasteiger partial charge in [0.25, 0.3) is 0 Å². The van der Waals surface area contributed by atoms with E-state index in [9.17, 15) is 0 Å². The minimum absolute atomic E-state index is 0.0234. The number of ether oxygens (including phenoxy) is 3. The Hall–Kier alpha value is -4.45. The van der Waals surface area contributed by atoms with Crippen LogP contribution in [-0.4, -0.2) is 56.2 Å². The maximum absolute atomic E-state index is 8.96. The molecule has 40 heavy (non-hydrogen) atoms. The molecule has 1 aliphatic carbocycles. The van der Waals surface area contributed by atoms with E-state index in [0.717, 1.165) is 34.9 Å². The van der Waals surface area contributed by atoms with Crippen LogP contribution in [0.2, 0.25) is 0 Å². The fourth-order valence-corrected chi connectivity index (χ4v) is 4.81. The van der Waals surface area contributed by atoms with Crippen molar-refractivity contribution in [3.05, 3.63) is 79.0 Å². The molecule has 5 aromatic rings. The van der Waals surface area contributed by atoms with Gasteiger partial charge in [0.05, 0.1) is 24.4 Å². The highest BCUT2D eigenvalue weighted by Gasteiger charge is 2.33. The van der Waals surface area contributed by atoms with Gasteiger partial charge in [0.1, 0.15) is 30.3 Å². The van der Waals surface area contributed by atoms with Crippen molar-refractivity contribution in [1.29, 1.82) is 0 Å². The topological polar surface area (TPSA) is 91.5 Å². The van der Waals surface area contributed by atoms with Crippen LogP contribution in [0.1, 0.15) is 25.5 Å². The first-order valence-corrected chi connectivity index (χ1v) is 13.4. The van der Waals surface area contributed by atoms with Crippen LogP contribution in [0.3, 0.4) is 0 Å². The summed E-state index contributed by atoms with van der Waals surface area (Å²) in [5.41, 5.74) is 5.13. The van der Waals surface area contributed by atoms with Crippen molar-refractivity contribution < 1.29 is 19.3 Å². The third-order valence-corrected chi connectivity index (χ3v) is 7.17. The Bertz CT molecular complexity index is 1680. The molecule has 0 radical (unpaired) electrons. The predicted octanol–water partition coefficient (Wildman–Crippen LogP) is 4.92. The highest BCUT2D eigenvalue weighted by molar-refractivity contribution is 6.08. The van der Waals surface area contributed by atoms with E-state index in [2.05, 4.69) is 62.7 Å². The van der Waals surface area contributed by atoms with Crippen LogP contribution in [-0.2, 0) is 11.8 Å². The Balaban J connectivity index is 1.01. The van der Waals surface area contributed by atoms with Gasteiger partial charge in [0.2, 0.25) is 5.88 Å². The second-order valence-electron chi connectivity index (χ2n) is 10.0. The summed E-state index contributed by atoms with van der Waals surface area (Å²) in [4.78, 5) is 13.2. The van der Waals surface area contributed by atoms with Crippen LogP contribution in [0.4, 0.5) is 0 Å². The molecule has 0 aliphatic heterocycles. The number of hydrogen-bond donors (Lipinski definition) is 1. The van der Waals surface area contributed by atoms with Gasteiger partial charge in [-0.3, -0.25) is 4.98 Å². The van der Waals surface area contributed by atoms with E-state index >= 15 is 0 Å². The molecule has 0 bridgehead atoms. The van der Waals surface area contributed by atoms with E-state index < -0.39 is 0 Å². The maximum atomic E-state index is 8.96. The number of aryl methyl sites for hydroxylation is 1. The van der Waals surface area contributed by atoms with Crippen LogP contribution in [0.15, 0.2) is 73.3 Å². The molecule has 8 nitrogen and oxygen atoms in total. The molecule has 1 aromatic carbocycles. The number of aliphatic hydroxyl groups is 1. The minimum Gasteiger partial charge on any atom is -0.489 e. The minimum atomic E-state index is -0.224. The Morgan fingerprint density at radius 1 is 0.925 bits per heavy atom. The lowest BCUT2D eigenvalue weighted by Crippen LogP contribution is -2.41. The first kappa shape index (κ1) is 25.8. The van der Waals surface area contributed by atoms with Crippen LogP contribution < -0.4 is 9.47 Å². The van der Waals surface area contributed by atoms with Gasteiger partial charge < -0.3 is 23.9 Å². The van der Waals surface area contributed by atoms with E-state index in [0.29, 0.717) is 17.3 Å². The number of fused-ring (bicyclic) bond motifs is 3. The monoisotopic (exact) mass is 534 g/mol. The Morgan fingerprint density at radius 2 is 1.77 bits per heavy atom. The fourth-order valence-electron chi connectivity index (χ4n) is 4.81. The standard InChI is InChI=1S/C32H30N4O4/c1-21(20-37)38-13-3-4-24-7-8-25(18-34-24)39-26-15-27(16-26)40-32-10-6-23(17-35-32)22-5-9-28-29-19-33-12-11-30(29)36(2)31(28)14-22/h5-12,14,17-19,21,26-27,37H,13,15-16,20H2,1-2H3/t21?,26-,27-. The van der Waals surface area contributed by atoms with Gasteiger partial charge in [0.15, 0.2) is 0 Å². The van der Waals surface area contributed by atoms with Gasteiger partial charge in [-0.25, -0.2) is 9.97 Å². The average molecular weight is 535 g/mol. The maximum Gasteiger partial charge on any atom is 0.213 e. The third kappa shape index (κ3) is 5.48. The summed E-state index contributed by atoms with van der Waals surface area (Å²) in [7, 11) is 2.08. The van der Waals surface area contributed by atoms with Gasteiger partial charge in [0, 0.05) is 66.4 Å². The number of hydrogen-bond acceptors (Lipinski definition) is 7. The van der Waals surface area contributed by atoms with E-state index in [4.69, 9.17) is 19.3 Å². The lowest BCUT2D eigenvalue weighted by molar-refractivity contribution is 0.00209. The van der Waals surface area contributed by atoms with Crippen LogP contribution in [0, 0.1) is 11.8 Å². The Labute approximate surface area is 232 Å².